The molecule has 0 aromatic rings. The van der Waals surface area contributed by atoms with Crippen LogP contribution in [0.4, 0.5) is 0 Å². The molecule has 0 aliphatic carbocycles. The summed E-state index contributed by atoms with van der Waals surface area (Å²) in [5.41, 5.74) is 0. The fourth-order valence-corrected chi connectivity index (χ4v) is 0.618. The van der Waals surface area contributed by atoms with Gasteiger partial charge in [0, 0.05) is 0 Å². The van der Waals surface area contributed by atoms with Crippen molar-refractivity contribution < 1.29 is 30.3 Å². The number of hydrogen-bond donors (Lipinski definition) is 5. The molecule has 0 radical (unpaired) electrons. The van der Waals surface area contributed by atoms with E-state index in [1.165, 1.54) is 0 Å². The van der Waals surface area contributed by atoms with Gasteiger partial charge in [0.05, 0.1) is 6.61 Å². The van der Waals surface area contributed by atoms with E-state index in [-0.39, 0.29) is 54.7 Å². The number of carbonyl (C=O) groups excluding carboxylic acids is 1. The molecule has 0 saturated heterocycles. The SMILES string of the molecule is O=C[C@H](O)[C@@H](O)[C@H](O)[C@H](O)CO.[LiH].[NaH]. The van der Waals surface area contributed by atoms with Crippen molar-refractivity contribution in [3.05, 3.63) is 0 Å². The van der Waals surface area contributed by atoms with Crippen LogP contribution in [0.25, 0.3) is 0 Å². The summed E-state index contributed by atoms with van der Waals surface area (Å²) >= 11 is 0. The van der Waals surface area contributed by atoms with Gasteiger partial charge in [0.15, 0.2) is 6.29 Å². The third kappa shape index (κ3) is 6.53. The van der Waals surface area contributed by atoms with Crippen molar-refractivity contribution in [2.75, 3.05) is 6.61 Å². The molecule has 4 atom stereocenters. The van der Waals surface area contributed by atoms with Gasteiger partial charge in [-0.1, -0.05) is 0 Å². The first-order valence-electron chi connectivity index (χ1n) is 3.33. The Kier molecular flexibility index (Phi) is 15.5. The number of aliphatic hydroxyl groups excluding tert-OH is 5. The number of rotatable bonds is 5. The van der Waals surface area contributed by atoms with Crippen LogP contribution in [0.5, 0.6) is 0 Å². The minimum absolute atomic E-state index is 0. The van der Waals surface area contributed by atoms with Gasteiger partial charge in [-0.25, -0.2) is 0 Å². The molecule has 0 aromatic carbocycles. The van der Waals surface area contributed by atoms with Crippen molar-refractivity contribution >= 4 is 54.7 Å². The molecule has 0 unspecified atom stereocenters. The molecule has 5 N–H and O–H groups in total. The molecule has 0 heterocycles. The van der Waals surface area contributed by atoms with Gasteiger partial charge in [-0.05, 0) is 0 Å². The average Bonchev–Trinajstić information content (AvgIpc) is 2.12. The van der Waals surface area contributed by atoms with Crippen molar-refractivity contribution in [2.45, 2.75) is 24.4 Å². The molecular weight excluding hydrogens is 198 g/mol. The Morgan fingerprint density at radius 3 is 1.79 bits per heavy atom. The maximum absolute atomic E-state index is 9.90. The van der Waals surface area contributed by atoms with Crippen LogP contribution in [0.2, 0.25) is 0 Å². The summed E-state index contributed by atoms with van der Waals surface area (Å²) in [4.78, 5) is 9.90. The van der Waals surface area contributed by atoms with Crippen molar-refractivity contribution in [1.29, 1.82) is 0 Å². The van der Waals surface area contributed by atoms with Crippen LogP contribution in [-0.2, 0) is 4.79 Å². The van der Waals surface area contributed by atoms with Crippen LogP contribution < -0.4 is 0 Å². The first-order valence-corrected chi connectivity index (χ1v) is 3.33. The standard InChI is InChI=1S/C6H12O6.Li.Na.2H/c7-1-3(9)5(11)6(12)4(10)2-8;;;;/h1,3-6,8-12H,2H2;;;;/t3-,4+,5+,6+;;;;/m0..../s1. The van der Waals surface area contributed by atoms with E-state index in [4.69, 9.17) is 25.5 Å². The average molecular weight is 212 g/mol. The Morgan fingerprint density at radius 2 is 1.50 bits per heavy atom. The molecule has 0 rings (SSSR count). The van der Waals surface area contributed by atoms with E-state index in [1.807, 2.05) is 0 Å². The Balaban J connectivity index is -0.000000605. The van der Waals surface area contributed by atoms with E-state index in [0.29, 0.717) is 0 Å². The molecule has 0 bridgehead atoms. The molecule has 76 valence electrons. The molecule has 0 saturated carbocycles. The zero-order valence-corrected chi connectivity index (χ0v) is 6.24. The predicted octanol–water partition coefficient (Wildman–Crippen LogP) is -4.68. The van der Waals surface area contributed by atoms with Crippen LogP contribution in [0.3, 0.4) is 0 Å². The Morgan fingerprint density at radius 1 is 1.07 bits per heavy atom. The van der Waals surface area contributed by atoms with Gasteiger partial charge in [-0.3, -0.25) is 0 Å². The molecule has 0 amide bonds. The van der Waals surface area contributed by atoms with E-state index in [2.05, 4.69) is 0 Å². The second-order valence-electron chi connectivity index (χ2n) is 2.36. The zero-order chi connectivity index (χ0) is 9.72. The third-order valence-electron chi connectivity index (χ3n) is 1.42. The van der Waals surface area contributed by atoms with Crippen LogP contribution in [0.15, 0.2) is 0 Å². The monoisotopic (exact) mass is 212 g/mol. The van der Waals surface area contributed by atoms with Gasteiger partial charge in [0.2, 0.25) is 0 Å². The summed E-state index contributed by atoms with van der Waals surface area (Å²) < 4.78 is 0. The molecule has 0 aromatic heterocycles. The Hall–Kier alpha value is 1.07. The van der Waals surface area contributed by atoms with Gasteiger partial charge in [-0.15, -0.1) is 0 Å². The second kappa shape index (κ2) is 10.6. The Labute approximate surface area is 115 Å². The molecular formula is C6H14LiNaO6. The number of aldehydes is 1. The van der Waals surface area contributed by atoms with E-state index < -0.39 is 31.0 Å². The van der Waals surface area contributed by atoms with Crippen molar-refractivity contribution in [2.24, 2.45) is 0 Å². The van der Waals surface area contributed by atoms with Gasteiger partial charge in [0.25, 0.3) is 0 Å². The molecule has 14 heavy (non-hydrogen) atoms. The van der Waals surface area contributed by atoms with Crippen LogP contribution in [-0.4, -0.2) is 111 Å². The second-order valence-corrected chi connectivity index (χ2v) is 2.36. The van der Waals surface area contributed by atoms with Crippen molar-refractivity contribution in [1.82, 2.24) is 0 Å². The van der Waals surface area contributed by atoms with Crippen LogP contribution in [0, 0.1) is 0 Å². The Bertz CT molecular complexity index is 148. The first kappa shape index (κ1) is 20.5. The summed E-state index contributed by atoms with van der Waals surface area (Å²) in [6, 6.07) is 0. The molecule has 8 heteroatoms. The normalized spacial score (nSPS) is 18.1. The fourth-order valence-electron chi connectivity index (χ4n) is 0.618. The quantitative estimate of drug-likeness (QED) is 0.231. The molecule has 0 aliphatic rings. The first-order chi connectivity index (χ1) is 5.54. The molecule has 6 nitrogen and oxygen atoms in total. The van der Waals surface area contributed by atoms with Gasteiger partial charge in [-0.2, -0.15) is 0 Å². The topological polar surface area (TPSA) is 118 Å². The van der Waals surface area contributed by atoms with E-state index in [0.717, 1.165) is 0 Å². The summed E-state index contributed by atoms with van der Waals surface area (Å²) in [7, 11) is 0. The minimum atomic E-state index is -1.79. The summed E-state index contributed by atoms with van der Waals surface area (Å²) in [5, 5.41) is 43.5. The summed E-state index contributed by atoms with van der Waals surface area (Å²) in [5.74, 6) is 0. The van der Waals surface area contributed by atoms with Crippen molar-refractivity contribution in [3.63, 3.8) is 0 Å². The molecule has 0 spiro atoms. The third-order valence-corrected chi connectivity index (χ3v) is 1.42. The van der Waals surface area contributed by atoms with Crippen LogP contribution in [0.1, 0.15) is 0 Å². The van der Waals surface area contributed by atoms with Gasteiger partial charge in [0.1, 0.15) is 24.4 Å². The summed E-state index contributed by atoms with van der Waals surface area (Å²) in [6.07, 6.45) is -6.84. The molecule has 0 aliphatic heterocycles. The van der Waals surface area contributed by atoms with Crippen LogP contribution >= 0.6 is 0 Å². The van der Waals surface area contributed by atoms with Gasteiger partial charge < -0.3 is 30.3 Å². The number of hydrogen-bond acceptors (Lipinski definition) is 6. The van der Waals surface area contributed by atoms with Gasteiger partial charge >= 0.3 is 48.4 Å². The fraction of sp³-hybridized carbons (Fsp3) is 0.833. The predicted molar refractivity (Wildman–Crippen MR) is 51.5 cm³/mol. The van der Waals surface area contributed by atoms with E-state index >= 15 is 0 Å². The van der Waals surface area contributed by atoms with E-state index in [1.54, 1.807) is 0 Å². The van der Waals surface area contributed by atoms with Crippen molar-refractivity contribution in [3.8, 4) is 0 Å². The maximum atomic E-state index is 9.90. The molecule has 0 fully saturated rings. The van der Waals surface area contributed by atoms with E-state index in [9.17, 15) is 4.79 Å². The number of carbonyl (C=O) groups is 1. The summed E-state index contributed by atoms with van der Waals surface area (Å²) in [6.45, 7) is -0.760. The zero-order valence-electron chi connectivity index (χ0n) is 6.24. The number of aliphatic hydroxyl groups is 5.